The third kappa shape index (κ3) is 3.51. The number of piperazine rings is 1. The van der Waals surface area contributed by atoms with E-state index in [4.69, 9.17) is 4.74 Å². The van der Waals surface area contributed by atoms with E-state index in [9.17, 15) is 4.79 Å². The molecule has 0 bridgehead atoms. The Hall–Kier alpha value is -0.650. The second-order valence-electron chi connectivity index (χ2n) is 6.08. The Kier molecular flexibility index (Phi) is 5.41. The normalized spacial score (nSPS) is 24.4. The van der Waals surface area contributed by atoms with Crippen molar-refractivity contribution < 1.29 is 9.53 Å². The van der Waals surface area contributed by atoms with Crippen molar-refractivity contribution in [3.63, 3.8) is 0 Å². The molecule has 2 rings (SSSR count). The number of esters is 1. The van der Waals surface area contributed by atoms with E-state index in [2.05, 4.69) is 29.1 Å². The van der Waals surface area contributed by atoms with Gasteiger partial charge in [-0.3, -0.25) is 4.90 Å². The Morgan fingerprint density at radius 1 is 1.25 bits per heavy atom. The maximum atomic E-state index is 12.6. The fraction of sp³-hybridized carbons (Fsp3) is 0.933. The van der Waals surface area contributed by atoms with Gasteiger partial charge in [-0.1, -0.05) is 6.92 Å². The molecule has 0 aromatic rings. The summed E-state index contributed by atoms with van der Waals surface area (Å²) in [5.41, 5.74) is -0.485. The summed E-state index contributed by atoms with van der Waals surface area (Å²) < 4.78 is 5.39. The van der Waals surface area contributed by atoms with E-state index in [0.29, 0.717) is 12.5 Å². The molecule has 116 valence electrons. The van der Waals surface area contributed by atoms with Crippen LogP contribution in [0.15, 0.2) is 0 Å². The van der Waals surface area contributed by atoms with E-state index < -0.39 is 5.54 Å². The number of ether oxygens (including phenoxy) is 1. The molecule has 5 nitrogen and oxygen atoms in total. The van der Waals surface area contributed by atoms with Crippen molar-refractivity contribution in [2.24, 2.45) is 5.92 Å². The third-order valence-corrected chi connectivity index (χ3v) is 4.48. The lowest BCUT2D eigenvalue weighted by atomic mass is 9.91. The summed E-state index contributed by atoms with van der Waals surface area (Å²) in [6.07, 6.45) is 2.28. The van der Waals surface area contributed by atoms with Crippen LogP contribution in [0.3, 0.4) is 0 Å². The van der Waals surface area contributed by atoms with Gasteiger partial charge in [-0.2, -0.15) is 0 Å². The van der Waals surface area contributed by atoms with Crippen molar-refractivity contribution in [3.8, 4) is 0 Å². The van der Waals surface area contributed by atoms with Gasteiger partial charge in [0.1, 0.15) is 5.54 Å². The van der Waals surface area contributed by atoms with Crippen LogP contribution in [0.2, 0.25) is 0 Å². The second-order valence-corrected chi connectivity index (χ2v) is 6.08. The SMILES string of the molecule is CCNC(CN1CCN(C)CC1)(C(=O)OCC)C1CC1. The second kappa shape index (κ2) is 6.87. The molecule has 5 heteroatoms. The average Bonchev–Trinajstić information content (AvgIpc) is 3.25. The van der Waals surface area contributed by atoms with Crippen molar-refractivity contribution in [3.05, 3.63) is 0 Å². The first kappa shape index (κ1) is 15.7. The molecule has 0 amide bonds. The monoisotopic (exact) mass is 283 g/mol. The number of likely N-dealkylation sites (N-methyl/N-ethyl adjacent to an activating group) is 2. The van der Waals surface area contributed by atoms with Gasteiger partial charge < -0.3 is 15.0 Å². The van der Waals surface area contributed by atoms with E-state index in [1.165, 1.54) is 0 Å². The Balaban J connectivity index is 2.06. The van der Waals surface area contributed by atoms with Gasteiger partial charge in [0.15, 0.2) is 0 Å². The quantitative estimate of drug-likeness (QED) is 0.692. The highest BCUT2D eigenvalue weighted by Gasteiger charge is 2.52. The summed E-state index contributed by atoms with van der Waals surface area (Å²) in [6.45, 7) is 10.2. The molecule has 0 aromatic heterocycles. The van der Waals surface area contributed by atoms with Gasteiger partial charge >= 0.3 is 5.97 Å². The summed E-state index contributed by atoms with van der Waals surface area (Å²) >= 11 is 0. The Morgan fingerprint density at radius 3 is 2.40 bits per heavy atom. The highest BCUT2D eigenvalue weighted by atomic mass is 16.5. The molecule has 1 saturated heterocycles. The number of hydrogen-bond donors (Lipinski definition) is 1. The predicted molar refractivity (Wildman–Crippen MR) is 79.7 cm³/mol. The largest absolute Gasteiger partial charge is 0.465 e. The van der Waals surface area contributed by atoms with E-state index in [-0.39, 0.29) is 5.97 Å². The van der Waals surface area contributed by atoms with Crippen molar-refractivity contribution in [1.29, 1.82) is 0 Å². The van der Waals surface area contributed by atoms with Crippen LogP contribution in [0, 0.1) is 5.92 Å². The Bertz CT molecular complexity index is 325. The van der Waals surface area contributed by atoms with Crippen molar-refractivity contribution in [2.75, 3.05) is 52.9 Å². The standard InChI is InChI=1S/C15H29N3O2/c1-4-16-15(13-6-7-13,14(19)20-5-2)12-18-10-8-17(3)9-11-18/h13,16H,4-12H2,1-3H3. The topological polar surface area (TPSA) is 44.8 Å². The minimum Gasteiger partial charge on any atom is -0.465 e. The molecule has 1 N–H and O–H groups in total. The minimum atomic E-state index is -0.485. The average molecular weight is 283 g/mol. The zero-order chi connectivity index (χ0) is 14.6. The van der Waals surface area contributed by atoms with Gasteiger partial charge in [0.05, 0.1) is 6.61 Å². The lowest BCUT2D eigenvalue weighted by Crippen LogP contribution is -2.63. The van der Waals surface area contributed by atoms with Crippen LogP contribution in [0.1, 0.15) is 26.7 Å². The zero-order valence-corrected chi connectivity index (χ0v) is 13.2. The molecule has 1 unspecified atom stereocenters. The molecule has 2 fully saturated rings. The molecule has 0 radical (unpaired) electrons. The number of carbonyl (C=O) groups is 1. The number of hydrogen-bond acceptors (Lipinski definition) is 5. The summed E-state index contributed by atoms with van der Waals surface area (Å²) in [4.78, 5) is 17.3. The third-order valence-electron chi connectivity index (χ3n) is 4.48. The van der Waals surface area contributed by atoms with Crippen molar-refractivity contribution >= 4 is 5.97 Å². The molecular formula is C15H29N3O2. The van der Waals surface area contributed by atoms with Crippen LogP contribution in [-0.2, 0) is 9.53 Å². The smallest absolute Gasteiger partial charge is 0.327 e. The molecule has 2 aliphatic rings. The molecule has 1 aliphatic carbocycles. The van der Waals surface area contributed by atoms with Gasteiger partial charge in [0.25, 0.3) is 0 Å². The number of rotatable bonds is 7. The van der Waals surface area contributed by atoms with E-state index in [0.717, 1.165) is 52.1 Å². The minimum absolute atomic E-state index is 0.0525. The summed E-state index contributed by atoms with van der Waals surface area (Å²) in [5.74, 6) is 0.393. The van der Waals surface area contributed by atoms with Crippen LogP contribution in [0.5, 0.6) is 0 Å². The van der Waals surface area contributed by atoms with Gasteiger partial charge in [-0.25, -0.2) is 4.79 Å². The maximum Gasteiger partial charge on any atom is 0.327 e. The number of nitrogens with one attached hydrogen (secondary N) is 1. The van der Waals surface area contributed by atoms with Crippen LogP contribution in [0.4, 0.5) is 0 Å². The maximum absolute atomic E-state index is 12.6. The van der Waals surface area contributed by atoms with Gasteiger partial charge in [-0.15, -0.1) is 0 Å². The Labute approximate surface area is 122 Å². The van der Waals surface area contributed by atoms with Crippen LogP contribution < -0.4 is 5.32 Å². The first-order valence-electron chi connectivity index (χ1n) is 7.95. The molecule has 1 heterocycles. The summed E-state index contributed by atoms with van der Waals surface area (Å²) in [5, 5.41) is 3.47. The first-order chi connectivity index (χ1) is 9.62. The van der Waals surface area contributed by atoms with E-state index in [1.807, 2.05) is 6.92 Å². The molecule has 1 atom stereocenters. The van der Waals surface area contributed by atoms with Crippen LogP contribution in [-0.4, -0.2) is 74.2 Å². The highest BCUT2D eigenvalue weighted by Crippen LogP contribution is 2.41. The summed E-state index contributed by atoms with van der Waals surface area (Å²) in [6, 6.07) is 0. The summed E-state index contributed by atoms with van der Waals surface area (Å²) in [7, 11) is 2.15. The molecule has 0 spiro atoms. The lowest BCUT2D eigenvalue weighted by Gasteiger charge is -2.40. The van der Waals surface area contributed by atoms with Crippen molar-refractivity contribution in [1.82, 2.24) is 15.1 Å². The van der Waals surface area contributed by atoms with Crippen LogP contribution >= 0.6 is 0 Å². The predicted octanol–water partition coefficient (Wildman–Crippen LogP) is 0.555. The van der Waals surface area contributed by atoms with Gasteiger partial charge in [0, 0.05) is 32.7 Å². The first-order valence-corrected chi connectivity index (χ1v) is 7.95. The van der Waals surface area contributed by atoms with E-state index in [1.54, 1.807) is 0 Å². The number of carbonyl (C=O) groups excluding carboxylic acids is 1. The molecule has 20 heavy (non-hydrogen) atoms. The van der Waals surface area contributed by atoms with E-state index >= 15 is 0 Å². The van der Waals surface area contributed by atoms with Crippen molar-refractivity contribution in [2.45, 2.75) is 32.2 Å². The zero-order valence-electron chi connectivity index (χ0n) is 13.2. The van der Waals surface area contributed by atoms with Gasteiger partial charge in [-0.05, 0) is 39.3 Å². The molecule has 1 saturated carbocycles. The Morgan fingerprint density at radius 2 is 1.90 bits per heavy atom. The fourth-order valence-corrected chi connectivity index (χ4v) is 3.14. The number of nitrogens with zero attached hydrogens (tertiary/aromatic N) is 2. The molecule has 0 aromatic carbocycles. The fourth-order valence-electron chi connectivity index (χ4n) is 3.14. The lowest BCUT2D eigenvalue weighted by molar-refractivity contribution is -0.153. The highest BCUT2D eigenvalue weighted by molar-refractivity contribution is 5.82. The molecular weight excluding hydrogens is 254 g/mol. The molecule has 1 aliphatic heterocycles. The van der Waals surface area contributed by atoms with Crippen LogP contribution in [0.25, 0.3) is 0 Å². The van der Waals surface area contributed by atoms with Gasteiger partial charge in [0.2, 0.25) is 0 Å².